The van der Waals surface area contributed by atoms with Crippen LogP contribution in [0.15, 0.2) is 57.5 Å². The van der Waals surface area contributed by atoms with Gasteiger partial charge in [0.15, 0.2) is 10.1 Å². The van der Waals surface area contributed by atoms with E-state index >= 15 is 0 Å². The van der Waals surface area contributed by atoms with Crippen LogP contribution in [0.5, 0.6) is 0 Å². The van der Waals surface area contributed by atoms with Gasteiger partial charge in [-0.1, -0.05) is 42.2 Å². The molecular weight excluding hydrogens is 428 g/mol. The summed E-state index contributed by atoms with van der Waals surface area (Å²) in [5.74, 6) is 1.28. The fourth-order valence-corrected chi connectivity index (χ4v) is 5.01. The molecule has 0 saturated carbocycles. The normalized spacial score (nSPS) is 11.1. The molecule has 0 aliphatic heterocycles. The van der Waals surface area contributed by atoms with Gasteiger partial charge in [0.1, 0.15) is 5.76 Å². The SMILES string of the molecule is CCc1ccc(Nc2nnc(SCC(=O)c3cc(C)n(Cc4ccco4)c3C)s2)cc1. The van der Waals surface area contributed by atoms with Gasteiger partial charge in [-0.05, 0) is 56.2 Å². The molecule has 3 aromatic heterocycles. The van der Waals surface area contributed by atoms with Crippen molar-refractivity contribution >= 4 is 39.7 Å². The topological polar surface area (TPSA) is 73.0 Å². The monoisotopic (exact) mass is 452 g/mol. The number of benzene rings is 1. The predicted octanol–water partition coefficient (Wildman–Crippen LogP) is 5.88. The summed E-state index contributed by atoms with van der Waals surface area (Å²) >= 11 is 2.87. The summed E-state index contributed by atoms with van der Waals surface area (Å²) in [6.45, 7) is 6.74. The lowest BCUT2D eigenvalue weighted by Crippen LogP contribution is -2.07. The van der Waals surface area contributed by atoms with Crippen molar-refractivity contribution in [1.29, 1.82) is 0 Å². The smallest absolute Gasteiger partial charge is 0.210 e. The molecule has 3 heterocycles. The summed E-state index contributed by atoms with van der Waals surface area (Å²) in [5, 5.41) is 12.4. The van der Waals surface area contributed by atoms with E-state index < -0.39 is 0 Å². The number of rotatable bonds is 9. The molecule has 0 aliphatic carbocycles. The van der Waals surface area contributed by atoms with Gasteiger partial charge in [-0.3, -0.25) is 4.79 Å². The zero-order valence-electron chi connectivity index (χ0n) is 17.7. The number of aromatic nitrogens is 3. The fourth-order valence-electron chi connectivity index (χ4n) is 3.36. The van der Waals surface area contributed by atoms with Crippen molar-refractivity contribution in [1.82, 2.24) is 14.8 Å². The Morgan fingerprint density at radius 2 is 2.00 bits per heavy atom. The van der Waals surface area contributed by atoms with Crippen LogP contribution in [-0.2, 0) is 13.0 Å². The van der Waals surface area contributed by atoms with Gasteiger partial charge in [-0.15, -0.1) is 10.2 Å². The molecule has 0 radical (unpaired) electrons. The molecule has 1 aromatic carbocycles. The van der Waals surface area contributed by atoms with Crippen LogP contribution in [0.1, 0.15) is 40.0 Å². The first-order valence-corrected chi connectivity index (χ1v) is 11.9. The molecule has 4 aromatic rings. The van der Waals surface area contributed by atoms with E-state index in [1.165, 1.54) is 28.7 Å². The van der Waals surface area contributed by atoms with Crippen LogP contribution < -0.4 is 5.32 Å². The van der Waals surface area contributed by atoms with Gasteiger partial charge in [-0.25, -0.2) is 0 Å². The predicted molar refractivity (Wildman–Crippen MR) is 126 cm³/mol. The molecule has 0 fully saturated rings. The van der Waals surface area contributed by atoms with Crippen LogP contribution in [0.25, 0.3) is 0 Å². The van der Waals surface area contributed by atoms with Crippen molar-refractivity contribution in [3.63, 3.8) is 0 Å². The average Bonchev–Trinajstić information content (AvgIpc) is 3.51. The maximum atomic E-state index is 12.8. The molecule has 6 nitrogen and oxygen atoms in total. The van der Waals surface area contributed by atoms with Gasteiger partial charge < -0.3 is 14.3 Å². The number of nitrogens with one attached hydrogen (secondary N) is 1. The first kappa shape index (κ1) is 21.4. The number of thioether (sulfide) groups is 1. The third kappa shape index (κ3) is 5.08. The van der Waals surface area contributed by atoms with Crippen molar-refractivity contribution in [3.8, 4) is 0 Å². The van der Waals surface area contributed by atoms with Gasteiger partial charge in [0.25, 0.3) is 0 Å². The van der Waals surface area contributed by atoms with E-state index in [4.69, 9.17) is 4.42 Å². The Morgan fingerprint density at radius 3 is 2.71 bits per heavy atom. The summed E-state index contributed by atoms with van der Waals surface area (Å²) in [7, 11) is 0. The molecular formula is C23H24N4O2S2. The first-order chi connectivity index (χ1) is 15.0. The summed E-state index contributed by atoms with van der Waals surface area (Å²) < 4.78 is 8.32. The Balaban J connectivity index is 1.37. The van der Waals surface area contributed by atoms with E-state index in [-0.39, 0.29) is 5.78 Å². The second-order valence-corrected chi connectivity index (χ2v) is 9.41. The molecule has 0 aliphatic rings. The van der Waals surface area contributed by atoms with Gasteiger partial charge in [0.2, 0.25) is 5.13 Å². The standard InChI is InChI=1S/C23H24N4O2S2/c1-4-17-7-9-18(10-8-17)24-22-25-26-23(31-22)30-14-21(28)20-12-15(2)27(16(20)3)13-19-6-5-11-29-19/h5-12H,4,13-14H2,1-3H3,(H,24,25). The second-order valence-electron chi connectivity index (χ2n) is 7.21. The molecule has 0 atom stereocenters. The molecule has 0 amide bonds. The number of Topliss-reactive ketones (excluding diaryl/α,β-unsaturated/α-hetero) is 1. The largest absolute Gasteiger partial charge is 0.467 e. The zero-order chi connectivity index (χ0) is 21.8. The van der Waals surface area contributed by atoms with E-state index in [9.17, 15) is 4.79 Å². The van der Waals surface area contributed by atoms with Crippen molar-refractivity contribution in [2.24, 2.45) is 0 Å². The maximum Gasteiger partial charge on any atom is 0.210 e. The number of carbonyl (C=O) groups excluding carboxylic acids is 1. The summed E-state index contributed by atoms with van der Waals surface area (Å²) in [6, 6.07) is 14.0. The molecule has 8 heteroatoms. The van der Waals surface area contributed by atoms with Crippen molar-refractivity contribution < 1.29 is 9.21 Å². The second kappa shape index (κ2) is 9.53. The van der Waals surface area contributed by atoms with Crippen molar-refractivity contribution in [2.75, 3.05) is 11.1 Å². The quantitative estimate of drug-likeness (QED) is 0.253. The lowest BCUT2D eigenvalue weighted by molar-refractivity contribution is 0.102. The molecule has 0 unspecified atom stereocenters. The van der Waals surface area contributed by atoms with Crippen LogP contribution in [0.3, 0.4) is 0 Å². The number of anilines is 2. The Morgan fingerprint density at radius 1 is 1.19 bits per heavy atom. The van der Waals surface area contributed by atoms with Gasteiger partial charge in [0, 0.05) is 22.6 Å². The lowest BCUT2D eigenvalue weighted by Gasteiger charge is -2.07. The third-order valence-corrected chi connectivity index (χ3v) is 7.09. The van der Waals surface area contributed by atoms with E-state index in [1.807, 2.05) is 44.2 Å². The number of nitrogens with zero attached hydrogens (tertiary/aromatic N) is 3. The molecule has 1 N–H and O–H groups in total. The molecule has 0 bridgehead atoms. The number of aryl methyl sites for hydroxylation is 2. The van der Waals surface area contributed by atoms with E-state index in [1.54, 1.807) is 6.26 Å². The number of carbonyl (C=O) groups is 1. The Hall–Kier alpha value is -2.84. The first-order valence-electron chi connectivity index (χ1n) is 10.1. The zero-order valence-corrected chi connectivity index (χ0v) is 19.3. The van der Waals surface area contributed by atoms with Crippen LogP contribution in [0.4, 0.5) is 10.8 Å². The van der Waals surface area contributed by atoms with Crippen LogP contribution in [0.2, 0.25) is 0 Å². The van der Waals surface area contributed by atoms with Crippen LogP contribution in [0, 0.1) is 13.8 Å². The number of hydrogen-bond acceptors (Lipinski definition) is 7. The Labute approximate surface area is 189 Å². The number of hydrogen-bond donors (Lipinski definition) is 1. The minimum Gasteiger partial charge on any atom is -0.467 e. The Kier molecular flexibility index (Phi) is 6.58. The lowest BCUT2D eigenvalue weighted by atomic mass is 10.1. The summed E-state index contributed by atoms with van der Waals surface area (Å²) in [4.78, 5) is 12.8. The van der Waals surface area contributed by atoms with Crippen LogP contribution in [-0.4, -0.2) is 26.3 Å². The highest BCUT2D eigenvalue weighted by molar-refractivity contribution is 8.01. The van der Waals surface area contributed by atoms with Crippen molar-refractivity contribution in [2.45, 2.75) is 38.1 Å². The van der Waals surface area contributed by atoms with Crippen LogP contribution >= 0.6 is 23.1 Å². The van der Waals surface area contributed by atoms with E-state index in [0.717, 1.165) is 44.3 Å². The molecule has 4 rings (SSSR count). The highest BCUT2D eigenvalue weighted by atomic mass is 32.2. The fraction of sp³-hybridized carbons (Fsp3) is 0.261. The van der Waals surface area contributed by atoms with Gasteiger partial charge in [0.05, 0.1) is 18.6 Å². The van der Waals surface area contributed by atoms with Gasteiger partial charge >= 0.3 is 0 Å². The Bertz CT molecular complexity index is 1160. The minimum absolute atomic E-state index is 0.0867. The average molecular weight is 453 g/mol. The molecule has 160 valence electrons. The molecule has 0 saturated heterocycles. The highest BCUT2D eigenvalue weighted by Gasteiger charge is 2.17. The summed E-state index contributed by atoms with van der Waals surface area (Å²) in [6.07, 6.45) is 2.68. The maximum absolute atomic E-state index is 12.8. The highest BCUT2D eigenvalue weighted by Crippen LogP contribution is 2.29. The van der Waals surface area contributed by atoms with E-state index in [0.29, 0.717) is 12.3 Å². The minimum atomic E-state index is 0.0867. The number of ketones is 1. The van der Waals surface area contributed by atoms with Gasteiger partial charge in [-0.2, -0.15) is 0 Å². The van der Waals surface area contributed by atoms with Crippen molar-refractivity contribution in [3.05, 3.63) is 77.0 Å². The summed E-state index contributed by atoms with van der Waals surface area (Å²) in [5.41, 5.74) is 5.01. The van der Waals surface area contributed by atoms with E-state index in [2.05, 4.69) is 39.1 Å². The molecule has 0 spiro atoms. The third-order valence-electron chi connectivity index (χ3n) is 5.11. The number of furan rings is 1. The molecule has 31 heavy (non-hydrogen) atoms.